The van der Waals surface area contributed by atoms with Gasteiger partial charge in [-0.3, -0.25) is 16.3 Å². The van der Waals surface area contributed by atoms with E-state index >= 15 is 0 Å². The van der Waals surface area contributed by atoms with E-state index in [2.05, 4.69) is 29.5 Å². The summed E-state index contributed by atoms with van der Waals surface area (Å²) in [6.45, 7) is 2.11. The molecule has 0 spiro atoms. The highest BCUT2D eigenvalue weighted by Gasteiger charge is 2.31. The second-order valence-electron chi connectivity index (χ2n) is 5.16. The zero-order chi connectivity index (χ0) is 13.2. The van der Waals surface area contributed by atoms with Gasteiger partial charge >= 0.3 is 0 Å². The van der Waals surface area contributed by atoms with Gasteiger partial charge in [0.05, 0.1) is 18.2 Å². The second kappa shape index (κ2) is 5.25. The molecule has 3 unspecified atom stereocenters. The molecule has 3 rings (SSSR count). The Kier molecular flexibility index (Phi) is 3.46. The summed E-state index contributed by atoms with van der Waals surface area (Å²) in [6.07, 6.45) is 6.31. The van der Waals surface area contributed by atoms with Gasteiger partial charge in [0.1, 0.15) is 0 Å². The number of nitrogens with two attached hydrogens (primary N) is 1. The van der Waals surface area contributed by atoms with Crippen molar-refractivity contribution in [2.24, 2.45) is 5.84 Å². The standard InChI is InChI=1S/C15H19N3O/c1-10-6-7-14(19-10)15(18-16)13-9-17-8-11-4-2-3-5-12(11)13/h2-5,8-10,14-15,18H,6-7,16H2,1H3. The van der Waals surface area contributed by atoms with Gasteiger partial charge in [0.15, 0.2) is 0 Å². The monoisotopic (exact) mass is 257 g/mol. The van der Waals surface area contributed by atoms with Crippen LogP contribution < -0.4 is 11.3 Å². The minimum absolute atomic E-state index is 0.0106. The van der Waals surface area contributed by atoms with Crippen LogP contribution >= 0.6 is 0 Å². The summed E-state index contributed by atoms with van der Waals surface area (Å²) in [4.78, 5) is 4.32. The number of hydrazine groups is 1. The minimum Gasteiger partial charge on any atom is -0.373 e. The fraction of sp³-hybridized carbons (Fsp3) is 0.400. The third kappa shape index (κ3) is 2.34. The van der Waals surface area contributed by atoms with E-state index in [1.54, 1.807) is 0 Å². The van der Waals surface area contributed by atoms with E-state index in [-0.39, 0.29) is 12.1 Å². The van der Waals surface area contributed by atoms with Crippen LogP contribution in [0.4, 0.5) is 0 Å². The molecule has 1 aromatic heterocycles. The van der Waals surface area contributed by atoms with E-state index in [0.717, 1.165) is 23.8 Å². The van der Waals surface area contributed by atoms with Crippen LogP contribution in [0.25, 0.3) is 10.8 Å². The van der Waals surface area contributed by atoms with Gasteiger partial charge in [-0.15, -0.1) is 0 Å². The normalized spacial score (nSPS) is 24.7. The Morgan fingerprint density at radius 2 is 2.16 bits per heavy atom. The number of nitrogens with zero attached hydrogens (tertiary/aromatic N) is 1. The largest absolute Gasteiger partial charge is 0.373 e. The molecule has 1 aromatic carbocycles. The van der Waals surface area contributed by atoms with Crippen molar-refractivity contribution in [1.82, 2.24) is 10.4 Å². The SMILES string of the molecule is CC1CCC(C(NN)c2cncc3ccccc23)O1. The summed E-state index contributed by atoms with van der Waals surface area (Å²) in [5, 5.41) is 2.31. The predicted molar refractivity (Wildman–Crippen MR) is 75.4 cm³/mol. The van der Waals surface area contributed by atoms with Gasteiger partial charge in [-0.05, 0) is 30.7 Å². The van der Waals surface area contributed by atoms with Gasteiger partial charge in [0.25, 0.3) is 0 Å². The molecular formula is C15H19N3O. The highest BCUT2D eigenvalue weighted by atomic mass is 16.5. The zero-order valence-corrected chi connectivity index (χ0v) is 11.0. The zero-order valence-electron chi connectivity index (χ0n) is 11.0. The van der Waals surface area contributed by atoms with Crippen molar-refractivity contribution in [3.8, 4) is 0 Å². The number of nitrogens with one attached hydrogen (secondary N) is 1. The number of benzene rings is 1. The van der Waals surface area contributed by atoms with Gasteiger partial charge in [-0.25, -0.2) is 0 Å². The van der Waals surface area contributed by atoms with Crippen molar-refractivity contribution >= 4 is 10.8 Å². The predicted octanol–water partition coefficient (Wildman–Crippen LogP) is 2.31. The number of rotatable bonds is 3. The maximum absolute atomic E-state index is 5.95. The summed E-state index contributed by atoms with van der Waals surface area (Å²) in [7, 11) is 0. The first-order chi connectivity index (χ1) is 9.29. The molecule has 19 heavy (non-hydrogen) atoms. The lowest BCUT2D eigenvalue weighted by Crippen LogP contribution is -2.36. The number of pyridine rings is 1. The van der Waals surface area contributed by atoms with Gasteiger partial charge in [-0.2, -0.15) is 0 Å². The van der Waals surface area contributed by atoms with Crippen LogP contribution in [0.3, 0.4) is 0 Å². The lowest BCUT2D eigenvalue weighted by atomic mass is 9.96. The molecule has 1 aliphatic rings. The topological polar surface area (TPSA) is 60.2 Å². The Morgan fingerprint density at radius 3 is 2.89 bits per heavy atom. The molecule has 1 aliphatic heterocycles. The van der Waals surface area contributed by atoms with Crippen molar-refractivity contribution < 1.29 is 4.74 Å². The summed E-state index contributed by atoms with van der Waals surface area (Å²) in [6, 6.07) is 8.22. The van der Waals surface area contributed by atoms with Gasteiger partial charge in [-0.1, -0.05) is 24.3 Å². The van der Waals surface area contributed by atoms with E-state index < -0.39 is 0 Å². The minimum atomic E-state index is -0.0106. The molecule has 2 aromatic rings. The summed E-state index contributed by atoms with van der Waals surface area (Å²) < 4.78 is 5.95. The first-order valence-corrected chi connectivity index (χ1v) is 6.74. The Labute approximate surface area is 112 Å². The van der Waals surface area contributed by atoms with E-state index in [9.17, 15) is 0 Å². The number of ether oxygens (including phenoxy) is 1. The molecule has 1 saturated heterocycles. The molecule has 0 radical (unpaired) electrons. The van der Waals surface area contributed by atoms with Crippen molar-refractivity contribution in [2.75, 3.05) is 0 Å². The van der Waals surface area contributed by atoms with Gasteiger partial charge in [0, 0.05) is 17.8 Å². The number of hydrogen-bond acceptors (Lipinski definition) is 4. The van der Waals surface area contributed by atoms with Crippen LogP contribution in [0.2, 0.25) is 0 Å². The summed E-state index contributed by atoms with van der Waals surface area (Å²) in [5.74, 6) is 5.76. The molecule has 0 bridgehead atoms. The van der Waals surface area contributed by atoms with E-state index in [0.29, 0.717) is 6.10 Å². The molecular weight excluding hydrogens is 238 g/mol. The van der Waals surface area contributed by atoms with Gasteiger partial charge < -0.3 is 4.74 Å². The summed E-state index contributed by atoms with van der Waals surface area (Å²) >= 11 is 0. The fourth-order valence-corrected chi connectivity index (χ4v) is 2.86. The number of aromatic nitrogens is 1. The molecule has 3 atom stereocenters. The van der Waals surface area contributed by atoms with E-state index in [1.165, 1.54) is 5.39 Å². The Hall–Kier alpha value is -1.49. The average molecular weight is 257 g/mol. The molecule has 0 amide bonds. The lowest BCUT2D eigenvalue weighted by Gasteiger charge is -2.24. The smallest absolute Gasteiger partial charge is 0.0788 e. The molecule has 4 nitrogen and oxygen atoms in total. The van der Waals surface area contributed by atoms with Crippen LogP contribution in [0.15, 0.2) is 36.7 Å². The average Bonchev–Trinajstić information content (AvgIpc) is 2.86. The molecule has 0 saturated carbocycles. The van der Waals surface area contributed by atoms with Crippen LogP contribution in [-0.4, -0.2) is 17.2 Å². The van der Waals surface area contributed by atoms with Crippen LogP contribution in [0, 0.1) is 0 Å². The molecule has 1 fully saturated rings. The van der Waals surface area contributed by atoms with Crippen molar-refractivity contribution in [3.63, 3.8) is 0 Å². The molecule has 4 heteroatoms. The molecule has 3 N–H and O–H groups in total. The number of hydrogen-bond donors (Lipinski definition) is 2. The highest BCUT2D eigenvalue weighted by Crippen LogP contribution is 2.32. The molecule has 100 valence electrons. The van der Waals surface area contributed by atoms with E-state index in [4.69, 9.17) is 10.6 Å². The molecule has 0 aliphatic carbocycles. The Bertz CT molecular complexity index is 567. The Morgan fingerprint density at radius 1 is 1.32 bits per heavy atom. The molecule has 2 heterocycles. The number of fused-ring (bicyclic) bond motifs is 1. The second-order valence-corrected chi connectivity index (χ2v) is 5.16. The van der Waals surface area contributed by atoms with Crippen LogP contribution in [0.1, 0.15) is 31.4 Å². The summed E-state index contributed by atoms with van der Waals surface area (Å²) in [5.41, 5.74) is 4.02. The van der Waals surface area contributed by atoms with Crippen LogP contribution in [0.5, 0.6) is 0 Å². The van der Waals surface area contributed by atoms with Crippen molar-refractivity contribution in [3.05, 3.63) is 42.2 Å². The van der Waals surface area contributed by atoms with E-state index in [1.807, 2.05) is 24.5 Å². The first-order valence-electron chi connectivity index (χ1n) is 6.74. The van der Waals surface area contributed by atoms with Crippen LogP contribution in [-0.2, 0) is 4.74 Å². The highest BCUT2D eigenvalue weighted by molar-refractivity contribution is 5.85. The van der Waals surface area contributed by atoms with Crippen molar-refractivity contribution in [2.45, 2.75) is 38.0 Å². The third-order valence-corrected chi connectivity index (χ3v) is 3.85. The lowest BCUT2D eigenvalue weighted by molar-refractivity contribution is 0.0318. The maximum atomic E-state index is 5.95. The quantitative estimate of drug-likeness (QED) is 0.654. The fourth-order valence-electron chi connectivity index (χ4n) is 2.86. The Balaban J connectivity index is 2.01. The third-order valence-electron chi connectivity index (χ3n) is 3.85. The van der Waals surface area contributed by atoms with Crippen molar-refractivity contribution in [1.29, 1.82) is 0 Å². The van der Waals surface area contributed by atoms with Gasteiger partial charge in [0.2, 0.25) is 0 Å². The maximum Gasteiger partial charge on any atom is 0.0788 e. The first kappa shape index (κ1) is 12.5.